The average Bonchev–Trinajstić information content (AvgIpc) is 3.76. The number of rotatable bonds is 33. The second-order valence-electron chi connectivity index (χ2n) is 15.7. The summed E-state index contributed by atoms with van der Waals surface area (Å²) in [6.07, 6.45) is 15.9. The molecule has 1 fully saturated rings. The molecule has 1 unspecified atom stereocenters. The number of pyridine rings is 1. The van der Waals surface area contributed by atoms with Crippen LogP contribution in [0.1, 0.15) is 122 Å². The van der Waals surface area contributed by atoms with Crippen molar-refractivity contribution in [2.24, 2.45) is 0 Å². The number of imidazole rings is 1. The number of hydrogen-bond donors (Lipinski definition) is 4. The Kier molecular flexibility index (Phi) is 22.9. The van der Waals surface area contributed by atoms with Crippen LogP contribution in [0.2, 0.25) is 0 Å². The maximum Gasteiger partial charge on any atom is 0.242 e. The predicted molar refractivity (Wildman–Crippen MR) is 242 cm³/mol. The highest BCUT2D eigenvalue weighted by atomic mass is 32.2. The van der Waals surface area contributed by atoms with Crippen LogP contribution in [0.15, 0.2) is 24.3 Å². The molecule has 3 aromatic rings. The smallest absolute Gasteiger partial charge is 0.242 e. The van der Waals surface area contributed by atoms with Crippen molar-refractivity contribution in [1.29, 1.82) is 0 Å². The molecule has 16 heteroatoms. The second kappa shape index (κ2) is 28.3. The van der Waals surface area contributed by atoms with Crippen LogP contribution in [0.25, 0.3) is 21.9 Å². The van der Waals surface area contributed by atoms with Crippen molar-refractivity contribution < 1.29 is 33.4 Å². The van der Waals surface area contributed by atoms with Crippen molar-refractivity contribution in [3.05, 3.63) is 30.1 Å². The highest BCUT2D eigenvalue weighted by Gasteiger charge is 2.39. The number of benzene rings is 1. The fraction of sp³-hybridized carbons (Fsp3) is 0.667. The number of nitrogens with zero attached hydrogens (tertiary/aromatic N) is 4. The van der Waals surface area contributed by atoms with Gasteiger partial charge in [-0.3, -0.25) is 28.9 Å². The van der Waals surface area contributed by atoms with Crippen molar-refractivity contribution in [3.63, 3.8) is 0 Å². The van der Waals surface area contributed by atoms with E-state index in [0.29, 0.717) is 32.1 Å². The van der Waals surface area contributed by atoms with Gasteiger partial charge in [0.05, 0.1) is 48.5 Å². The summed E-state index contributed by atoms with van der Waals surface area (Å²) in [5, 5.41) is 9.06. The lowest BCUT2D eigenvalue weighted by molar-refractivity contribution is -0.138. The van der Waals surface area contributed by atoms with E-state index in [4.69, 9.17) is 20.2 Å². The largest absolute Gasteiger partial charge is 0.382 e. The standard InChI is InChI=1S/C45H70N8O7S/c1-3-5-7-8-9-10-11-12-15-23-48-40(56)33-61-36-32-41(57)53(45(36)58)27-21-38(54)49-25-29-60-31-30-59-28-22-39(55)47-24-16-17-26-52-37(20-6-4-2)51-42-43(52)34-18-13-14-19-35(34)50-44(42)46/h13-14,18-19,36H,3-12,15-17,20-33H2,1-2H3,(H2,46,50)(H,47,55)(H,48,56)(H,49,54). The third-order valence-corrected chi connectivity index (χ3v) is 12.0. The molecule has 0 aliphatic carbocycles. The molecular weight excluding hydrogens is 797 g/mol. The highest BCUT2D eigenvalue weighted by Crippen LogP contribution is 2.30. The molecule has 0 radical (unpaired) electrons. The molecule has 0 bridgehead atoms. The summed E-state index contributed by atoms with van der Waals surface area (Å²) >= 11 is 1.18. The van der Waals surface area contributed by atoms with E-state index < -0.39 is 5.25 Å². The number of thioether (sulfide) groups is 1. The molecule has 1 aromatic carbocycles. The number of imide groups is 1. The van der Waals surface area contributed by atoms with Gasteiger partial charge in [-0.05, 0) is 31.7 Å². The van der Waals surface area contributed by atoms with Gasteiger partial charge in [0.2, 0.25) is 29.5 Å². The SMILES string of the molecule is CCCCCCCCCCCNC(=O)CSC1CC(=O)N(CCC(=O)NCCOCCOCCC(=O)NCCCCn2c(CCCC)nc3c(N)nc4ccccc4c32)C1=O. The van der Waals surface area contributed by atoms with Crippen LogP contribution in [0, 0.1) is 0 Å². The number of amides is 5. The van der Waals surface area contributed by atoms with Gasteiger partial charge in [0.1, 0.15) is 11.3 Å². The van der Waals surface area contributed by atoms with Crippen molar-refractivity contribution >= 4 is 69.1 Å². The summed E-state index contributed by atoms with van der Waals surface area (Å²) in [5.74, 6) is 0.427. The van der Waals surface area contributed by atoms with Crippen molar-refractivity contribution in [2.75, 3.05) is 64.1 Å². The van der Waals surface area contributed by atoms with E-state index in [1.807, 2.05) is 18.2 Å². The van der Waals surface area contributed by atoms with Crippen LogP contribution in [0.3, 0.4) is 0 Å². The number of para-hydroxylation sites is 1. The fourth-order valence-electron chi connectivity index (χ4n) is 7.34. The van der Waals surface area contributed by atoms with Gasteiger partial charge in [0.15, 0.2) is 5.82 Å². The number of hydrogen-bond acceptors (Lipinski definition) is 11. The number of unbranched alkanes of at least 4 members (excludes halogenated alkanes) is 10. The maximum absolute atomic E-state index is 12.8. The van der Waals surface area contributed by atoms with Gasteiger partial charge in [-0.25, -0.2) is 9.97 Å². The molecule has 0 saturated carbocycles. The predicted octanol–water partition coefficient (Wildman–Crippen LogP) is 5.84. The minimum Gasteiger partial charge on any atom is -0.382 e. The first kappa shape index (κ1) is 49.4. The minimum absolute atomic E-state index is 0.00218. The van der Waals surface area contributed by atoms with Crippen LogP contribution >= 0.6 is 11.8 Å². The Morgan fingerprint density at radius 3 is 2.13 bits per heavy atom. The Bertz CT molecular complexity index is 1840. The molecule has 61 heavy (non-hydrogen) atoms. The molecule has 5 amide bonds. The Morgan fingerprint density at radius 1 is 0.738 bits per heavy atom. The van der Waals surface area contributed by atoms with Crippen LogP contribution in [-0.2, 0) is 46.4 Å². The summed E-state index contributed by atoms with van der Waals surface area (Å²) in [7, 11) is 0. The molecule has 15 nitrogen and oxygen atoms in total. The summed E-state index contributed by atoms with van der Waals surface area (Å²) in [5.41, 5.74) is 8.95. The van der Waals surface area contributed by atoms with Crippen LogP contribution in [-0.4, -0.2) is 113 Å². The number of likely N-dealkylation sites (tertiary alicyclic amines) is 1. The van der Waals surface area contributed by atoms with Gasteiger partial charge in [-0.15, -0.1) is 11.8 Å². The van der Waals surface area contributed by atoms with E-state index >= 15 is 0 Å². The highest BCUT2D eigenvalue weighted by molar-refractivity contribution is 8.01. The van der Waals surface area contributed by atoms with Gasteiger partial charge < -0.3 is 35.7 Å². The van der Waals surface area contributed by atoms with Gasteiger partial charge in [0.25, 0.3) is 0 Å². The number of aryl methyl sites for hydroxylation is 2. The minimum atomic E-state index is -0.602. The number of fused-ring (bicyclic) bond motifs is 3. The van der Waals surface area contributed by atoms with E-state index in [9.17, 15) is 24.0 Å². The zero-order chi connectivity index (χ0) is 43.7. The number of carbonyl (C=O) groups excluding carboxylic acids is 5. The number of nitrogens with two attached hydrogens (primary N) is 1. The van der Waals surface area contributed by atoms with E-state index in [1.54, 1.807) is 0 Å². The zero-order valence-corrected chi connectivity index (χ0v) is 37.4. The molecule has 1 atom stereocenters. The lowest BCUT2D eigenvalue weighted by Gasteiger charge is -2.15. The quantitative estimate of drug-likeness (QED) is 0.0424. The molecular formula is C45H70N8O7S. The lowest BCUT2D eigenvalue weighted by atomic mass is 10.1. The van der Waals surface area contributed by atoms with E-state index in [0.717, 1.165) is 84.2 Å². The monoisotopic (exact) mass is 867 g/mol. The lowest BCUT2D eigenvalue weighted by Crippen LogP contribution is -2.36. The average molecular weight is 867 g/mol. The normalized spacial score (nSPS) is 14.1. The number of aromatic nitrogens is 3. The Hall–Kier alpha value is -4.28. The third-order valence-electron chi connectivity index (χ3n) is 10.8. The summed E-state index contributed by atoms with van der Waals surface area (Å²) in [6.45, 7) is 7.79. The van der Waals surface area contributed by atoms with E-state index in [2.05, 4.69) is 45.4 Å². The topological polar surface area (TPSA) is 200 Å². The van der Waals surface area contributed by atoms with Crippen molar-refractivity contribution in [3.8, 4) is 0 Å². The summed E-state index contributed by atoms with van der Waals surface area (Å²) < 4.78 is 13.3. The molecule has 2 aromatic heterocycles. The second-order valence-corrected chi connectivity index (χ2v) is 16.9. The molecule has 0 spiro atoms. The molecule has 5 N–H and O–H groups in total. The first-order chi connectivity index (χ1) is 29.7. The molecule has 1 aliphatic rings. The Balaban J connectivity index is 0.970. The molecule has 338 valence electrons. The summed E-state index contributed by atoms with van der Waals surface area (Å²) in [6, 6.07) is 8.00. The van der Waals surface area contributed by atoms with E-state index in [-0.39, 0.29) is 80.9 Å². The third kappa shape index (κ3) is 17.2. The van der Waals surface area contributed by atoms with Gasteiger partial charge in [-0.2, -0.15) is 0 Å². The van der Waals surface area contributed by atoms with Crippen LogP contribution < -0.4 is 21.7 Å². The molecule has 3 heterocycles. The number of nitrogen functional groups attached to an aromatic ring is 1. The maximum atomic E-state index is 12.8. The van der Waals surface area contributed by atoms with E-state index in [1.165, 1.54) is 56.7 Å². The number of carbonyl (C=O) groups is 5. The first-order valence-corrected chi connectivity index (χ1v) is 23.7. The molecule has 1 saturated heterocycles. The Morgan fingerprint density at radius 2 is 1.38 bits per heavy atom. The molecule has 1 aliphatic heterocycles. The van der Waals surface area contributed by atoms with Gasteiger partial charge in [0, 0.05) is 63.8 Å². The number of anilines is 1. The zero-order valence-electron chi connectivity index (χ0n) is 36.6. The van der Waals surface area contributed by atoms with Gasteiger partial charge in [-0.1, -0.05) is 89.8 Å². The van der Waals surface area contributed by atoms with Gasteiger partial charge >= 0.3 is 0 Å². The first-order valence-electron chi connectivity index (χ1n) is 22.7. The van der Waals surface area contributed by atoms with Crippen molar-refractivity contribution in [1.82, 2.24) is 35.4 Å². The molecule has 4 rings (SSSR count). The number of nitrogens with one attached hydrogen (secondary N) is 3. The van der Waals surface area contributed by atoms with Crippen LogP contribution in [0.4, 0.5) is 5.82 Å². The number of ether oxygens (including phenoxy) is 2. The van der Waals surface area contributed by atoms with Crippen molar-refractivity contribution in [2.45, 2.75) is 135 Å². The fourth-order valence-corrected chi connectivity index (χ4v) is 8.33. The Labute approximate surface area is 365 Å². The summed E-state index contributed by atoms with van der Waals surface area (Å²) in [4.78, 5) is 72.9. The van der Waals surface area contributed by atoms with Crippen LogP contribution in [0.5, 0.6) is 0 Å².